The van der Waals surface area contributed by atoms with Crippen LogP contribution in [0.5, 0.6) is 0 Å². The molecule has 53 heavy (non-hydrogen) atoms. The molecule has 0 unspecified atom stereocenters. The van der Waals surface area contributed by atoms with Gasteiger partial charge in [0.25, 0.3) is 5.91 Å². The number of aryl methyl sites for hydroxylation is 3. The van der Waals surface area contributed by atoms with E-state index in [0.29, 0.717) is 34.6 Å². The number of H-pyrrole nitrogens is 2. The number of carbonyl (C=O) groups excluding carboxylic acids is 2. The lowest BCUT2D eigenvalue weighted by atomic mass is 9.84. The first-order valence-electron chi connectivity index (χ1n) is 17.2. The average molecular weight is 726 g/mol. The van der Waals surface area contributed by atoms with Crippen molar-refractivity contribution in [3.8, 4) is 0 Å². The number of amides is 1. The number of nitrogens with zero attached hydrogens (tertiary/aromatic N) is 2. The fourth-order valence-electron chi connectivity index (χ4n) is 7.21. The molecule has 278 valence electrons. The molecule has 2 aliphatic heterocycles. The maximum atomic E-state index is 14.1. The van der Waals surface area contributed by atoms with Gasteiger partial charge in [-0.2, -0.15) is 0 Å². The van der Waals surface area contributed by atoms with Gasteiger partial charge in [0.1, 0.15) is 6.04 Å². The van der Waals surface area contributed by atoms with Crippen LogP contribution in [-0.2, 0) is 41.6 Å². The Morgan fingerprint density at radius 1 is 0.943 bits per heavy atom. The Kier molecular flexibility index (Phi) is 11.0. The van der Waals surface area contributed by atoms with Gasteiger partial charge in [-0.05, 0) is 74.1 Å². The molecule has 1 amide bonds. The number of allylic oxidation sites excluding steroid dienone is 1. The van der Waals surface area contributed by atoms with Crippen molar-refractivity contribution in [2.24, 2.45) is 0 Å². The highest BCUT2D eigenvalue weighted by Gasteiger charge is 2.36. The fraction of sp³-hybridized carbons (Fsp3) is 0.359. The Morgan fingerprint density at radius 2 is 1.62 bits per heavy atom. The molecule has 14 nitrogen and oxygen atoms in total. The van der Waals surface area contributed by atoms with Gasteiger partial charge in [0.05, 0.1) is 42.6 Å². The second-order valence-electron chi connectivity index (χ2n) is 13.3. The zero-order valence-corrected chi connectivity index (χ0v) is 30.5. The predicted molar refractivity (Wildman–Crippen MR) is 198 cm³/mol. The van der Waals surface area contributed by atoms with E-state index in [0.717, 1.165) is 38.8 Å². The van der Waals surface area contributed by atoms with Crippen LogP contribution in [0, 0.1) is 13.8 Å². The summed E-state index contributed by atoms with van der Waals surface area (Å²) in [6.07, 6.45) is 1.07. The molecule has 8 bridgehead atoms. The fourth-order valence-corrected chi connectivity index (χ4v) is 7.21. The minimum absolute atomic E-state index is 0.0242. The number of carbonyl (C=O) groups is 5. The van der Waals surface area contributed by atoms with Gasteiger partial charge < -0.3 is 35.3 Å². The van der Waals surface area contributed by atoms with Crippen LogP contribution in [-0.4, -0.2) is 78.2 Å². The highest BCUT2D eigenvalue weighted by molar-refractivity contribution is 6.28. The number of esters is 1. The number of ether oxygens (including phenoxy) is 1. The van der Waals surface area contributed by atoms with Crippen molar-refractivity contribution in [3.05, 3.63) is 75.4 Å². The van der Waals surface area contributed by atoms with Crippen LogP contribution in [0.15, 0.2) is 24.8 Å². The standard InChI is InChI=1S/C39H43N5O9/c1-8-21-17(3)25-13-27-19(5)23(10-11-32(45)46)36(42-27)24(12-34(49)53-7)37-35(38(50)44-31(39(51)52)16-33(47)48)20(6)28(43-37)15-30-22(9-2)18(4)26(41-30)14-29(21)40-25/h8,13-15,19,23,31,40-41H,1,9-12,16H2,2-7H3,(H,44,50)(H,45,46)(H,47,48)(H,51,52)/t19-,23-,31-/m0/s1. The van der Waals surface area contributed by atoms with E-state index in [4.69, 9.17) is 14.7 Å². The van der Waals surface area contributed by atoms with Crippen LogP contribution in [0.3, 0.4) is 0 Å². The molecule has 0 aromatic carbocycles. The van der Waals surface area contributed by atoms with E-state index in [2.05, 4.69) is 21.9 Å². The van der Waals surface area contributed by atoms with E-state index in [1.54, 1.807) is 19.1 Å². The van der Waals surface area contributed by atoms with Crippen LogP contribution >= 0.6 is 0 Å². The second kappa shape index (κ2) is 15.3. The SMILES string of the molecule is C=Cc1c(C)c2cc3nc(c(CC(=O)OC)c4nc(cc5[nH]c(cc1[nH]2)c(C)c5CC)C(C)=C4C(=O)N[C@@H](CC(=O)O)C(=O)O)[C@@H](CCC(=O)O)[C@@H]3C. The van der Waals surface area contributed by atoms with Gasteiger partial charge >= 0.3 is 23.9 Å². The lowest BCUT2D eigenvalue weighted by Crippen LogP contribution is -2.42. The Labute approximate surface area is 305 Å². The molecule has 6 N–H and O–H groups in total. The smallest absolute Gasteiger partial charge is 0.326 e. The van der Waals surface area contributed by atoms with E-state index in [-0.39, 0.29) is 35.6 Å². The minimum Gasteiger partial charge on any atom is -0.481 e. The summed E-state index contributed by atoms with van der Waals surface area (Å²) in [7, 11) is 1.21. The number of aliphatic carboxylic acids is 3. The van der Waals surface area contributed by atoms with Crippen molar-refractivity contribution in [1.82, 2.24) is 25.3 Å². The van der Waals surface area contributed by atoms with Crippen molar-refractivity contribution in [2.75, 3.05) is 7.11 Å². The molecule has 3 aromatic rings. The summed E-state index contributed by atoms with van der Waals surface area (Å²) in [5.74, 6) is -6.48. The molecule has 0 spiro atoms. The number of carboxylic acids is 3. The van der Waals surface area contributed by atoms with Crippen molar-refractivity contribution >= 4 is 69.1 Å². The molecular weight excluding hydrogens is 682 g/mol. The third-order valence-corrected chi connectivity index (χ3v) is 10.2. The normalized spacial score (nSPS) is 15.9. The predicted octanol–water partition coefficient (Wildman–Crippen LogP) is 5.58. The summed E-state index contributed by atoms with van der Waals surface area (Å²) in [6, 6.07) is 3.89. The number of carboxylic acid groups (broad SMARTS) is 3. The van der Waals surface area contributed by atoms with Gasteiger partial charge in [-0.1, -0.05) is 26.5 Å². The number of aromatic amines is 2. The third kappa shape index (κ3) is 7.48. The molecule has 0 aliphatic carbocycles. The Hall–Kier alpha value is -6.05. The van der Waals surface area contributed by atoms with Crippen LogP contribution in [0.1, 0.15) is 102 Å². The van der Waals surface area contributed by atoms with Crippen LogP contribution in [0.2, 0.25) is 0 Å². The molecular formula is C39H43N5O9. The number of hydrogen-bond donors (Lipinski definition) is 6. The molecule has 5 heterocycles. The van der Waals surface area contributed by atoms with Gasteiger partial charge in [-0.15, -0.1) is 0 Å². The number of hydrogen-bond acceptors (Lipinski definition) is 8. The molecule has 0 fully saturated rings. The summed E-state index contributed by atoms with van der Waals surface area (Å²) >= 11 is 0. The summed E-state index contributed by atoms with van der Waals surface area (Å²) < 4.78 is 5.08. The van der Waals surface area contributed by atoms with Crippen LogP contribution in [0.25, 0.3) is 39.3 Å². The maximum absolute atomic E-state index is 14.1. The zero-order chi connectivity index (χ0) is 38.9. The van der Waals surface area contributed by atoms with Crippen molar-refractivity contribution < 1.29 is 44.0 Å². The van der Waals surface area contributed by atoms with Gasteiger partial charge in [0.15, 0.2) is 0 Å². The third-order valence-electron chi connectivity index (χ3n) is 10.2. The van der Waals surface area contributed by atoms with E-state index < -0.39 is 54.6 Å². The summed E-state index contributed by atoms with van der Waals surface area (Å²) in [5, 5.41) is 31.2. The molecule has 2 aliphatic rings. The quantitative estimate of drug-likeness (QED) is 0.126. The summed E-state index contributed by atoms with van der Waals surface area (Å²) in [5.41, 5.74) is 8.64. The molecule has 0 radical (unpaired) electrons. The maximum Gasteiger partial charge on any atom is 0.326 e. The van der Waals surface area contributed by atoms with Crippen molar-refractivity contribution in [3.63, 3.8) is 0 Å². The van der Waals surface area contributed by atoms with Gasteiger partial charge in [0.2, 0.25) is 0 Å². The van der Waals surface area contributed by atoms with Gasteiger partial charge in [-0.25, -0.2) is 9.78 Å². The molecule has 5 rings (SSSR count). The number of fused-ring (bicyclic) bond motifs is 8. The topological polar surface area (TPSA) is 225 Å². The minimum atomic E-state index is -1.77. The van der Waals surface area contributed by atoms with Crippen LogP contribution in [0.4, 0.5) is 0 Å². The molecule has 3 atom stereocenters. The monoisotopic (exact) mass is 725 g/mol. The van der Waals surface area contributed by atoms with Crippen molar-refractivity contribution in [1.29, 1.82) is 0 Å². The number of aromatic nitrogens is 4. The second-order valence-corrected chi connectivity index (χ2v) is 13.3. The van der Waals surface area contributed by atoms with Gasteiger partial charge in [0, 0.05) is 57.1 Å². The number of methoxy groups -OCH3 is 1. The van der Waals surface area contributed by atoms with Crippen molar-refractivity contribution in [2.45, 2.75) is 84.6 Å². The van der Waals surface area contributed by atoms with E-state index >= 15 is 0 Å². The molecule has 3 aromatic heterocycles. The highest BCUT2D eigenvalue weighted by atomic mass is 16.5. The Bertz CT molecular complexity index is 2260. The first-order valence-corrected chi connectivity index (χ1v) is 17.2. The highest BCUT2D eigenvalue weighted by Crippen LogP contribution is 2.44. The number of rotatable bonds is 12. The summed E-state index contributed by atoms with van der Waals surface area (Å²) in [4.78, 5) is 79.7. The summed E-state index contributed by atoms with van der Waals surface area (Å²) in [6.45, 7) is 13.6. The lowest BCUT2D eigenvalue weighted by molar-refractivity contribution is -0.146. The van der Waals surface area contributed by atoms with E-state index in [1.807, 2.05) is 39.8 Å². The number of nitrogens with one attached hydrogen (secondary N) is 3. The molecule has 0 saturated carbocycles. The zero-order valence-electron chi connectivity index (χ0n) is 30.5. The van der Waals surface area contributed by atoms with Crippen LogP contribution < -0.4 is 5.32 Å². The Balaban J connectivity index is 1.99. The first kappa shape index (κ1) is 38.2. The molecule has 0 saturated heterocycles. The van der Waals surface area contributed by atoms with Gasteiger partial charge in [-0.3, -0.25) is 24.2 Å². The first-order chi connectivity index (χ1) is 25.1. The average Bonchev–Trinajstić information content (AvgIpc) is 3.78. The lowest BCUT2D eigenvalue weighted by Gasteiger charge is -2.19. The largest absolute Gasteiger partial charge is 0.481 e. The molecule has 14 heteroatoms. The van der Waals surface area contributed by atoms with E-state index in [1.165, 1.54) is 7.11 Å². The van der Waals surface area contributed by atoms with E-state index in [9.17, 15) is 39.3 Å². The Morgan fingerprint density at radius 3 is 2.23 bits per heavy atom.